The first-order chi connectivity index (χ1) is 9.13. The predicted octanol–water partition coefficient (Wildman–Crippen LogP) is 3.83. The Balaban J connectivity index is 1.90. The molecule has 1 aromatic carbocycles. The van der Waals surface area contributed by atoms with Gasteiger partial charge in [-0.15, -0.1) is 0 Å². The highest BCUT2D eigenvalue weighted by atomic mass is 127. The minimum absolute atomic E-state index is 0.441. The van der Waals surface area contributed by atoms with Crippen molar-refractivity contribution in [1.29, 1.82) is 0 Å². The van der Waals surface area contributed by atoms with Gasteiger partial charge in [0.1, 0.15) is 0 Å². The van der Waals surface area contributed by atoms with Crippen LogP contribution in [0.2, 0.25) is 0 Å². The Morgan fingerprint density at radius 2 is 2.21 bits per heavy atom. The van der Waals surface area contributed by atoms with Crippen LogP contribution in [0.5, 0.6) is 0 Å². The van der Waals surface area contributed by atoms with E-state index in [1.165, 1.54) is 6.42 Å². The number of hydrogen-bond acceptors (Lipinski definition) is 4. The first-order valence-electron chi connectivity index (χ1n) is 6.52. The molecular weight excluding hydrogens is 353 g/mol. The molecule has 0 saturated heterocycles. The summed E-state index contributed by atoms with van der Waals surface area (Å²) >= 11 is 2.25. The van der Waals surface area contributed by atoms with Crippen LogP contribution in [0.3, 0.4) is 0 Å². The molecule has 1 aliphatic carbocycles. The van der Waals surface area contributed by atoms with E-state index in [2.05, 4.69) is 39.7 Å². The van der Waals surface area contributed by atoms with Crippen LogP contribution in [0, 0.1) is 9.49 Å². The fraction of sp³-hybridized carbons (Fsp3) is 0.429. The minimum Gasteiger partial charge on any atom is -0.398 e. The summed E-state index contributed by atoms with van der Waals surface area (Å²) in [5.74, 6) is 2.56. The second-order valence-corrected chi connectivity index (χ2v) is 6.55. The Morgan fingerprint density at radius 3 is 2.95 bits per heavy atom. The topological polar surface area (TPSA) is 64.9 Å². The summed E-state index contributed by atoms with van der Waals surface area (Å²) in [6, 6.07) is 5.82. The molecule has 100 valence electrons. The van der Waals surface area contributed by atoms with E-state index < -0.39 is 0 Å². The van der Waals surface area contributed by atoms with Gasteiger partial charge in [-0.05, 0) is 66.0 Å². The monoisotopic (exact) mass is 369 g/mol. The Labute approximate surface area is 125 Å². The second-order valence-electron chi connectivity index (χ2n) is 5.30. The van der Waals surface area contributed by atoms with E-state index in [1.54, 1.807) is 0 Å². The van der Waals surface area contributed by atoms with Crippen molar-refractivity contribution >= 4 is 28.3 Å². The molecule has 5 heteroatoms. The molecule has 4 nitrogen and oxygen atoms in total. The Bertz CT molecular complexity index is 596. The molecule has 0 aliphatic heterocycles. The molecule has 1 aromatic heterocycles. The maximum absolute atomic E-state index is 5.98. The summed E-state index contributed by atoms with van der Waals surface area (Å²) in [4.78, 5) is 4.54. The Hall–Kier alpha value is -1.11. The van der Waals surface area contributed by atoms with Crippen LogP contribution >= 0.6 is 22.6 Å². The lowest BCUT2D eigenvalue weighted by atomic mass is 10.1. The number of halogens is 1. The van der Waals surface area contributed by atoms with Gasteiger partial charge in [-0.3, -0.25) is 0 Å². The number of nitrogens with two attached hydrogens (primary N) is 1. The van der Waals surface area contributed by atoms with Gasteiger partial charge >= 0.3 is 0 Å². The van der Waals surface area contributed by atoms with Gasteiger partial charge in [0.05, 0.1) is 5.56 Å². The second kappa shape index (κ2) is 5.11. The quantitative estimate of drug-likeness (QED) is 0.646. The minimum atomic E-state index is 0.441. The van der Waals surface area contributed by atoms with Crippen molar-refractivity contribution in [2.24, 2.45) is 5.92 Å². The zero-order valence-electron chi connectivity index (χ0n) is 10.8. The van der Waals surface area contributed by atoms with E-state index in [-0.39, 0.29) is 0 Å². The van der Waals surface area contributed by atoms with Crippen LogP contribution in [0.25, 0.3) is 11.5 Å². The Kier molecular flexibility index (Phi) is 3.47. The largest absolute Gasteiger partial charge is 0.398 e. The summed E-state index contributed by atoms with van der Waals surface area (Å²) in [6.45, 7) is 2.28. The maximum Gasteiger partial charge on any atom is 0.260 e. The summed E-state index contributed by atoms with van der Waals surface area (Å²) in [5, 5.41) is 4.14. The molecule has 2 N–H and O–H groups in total. The fourth-order valence-corrected chi connectivity index (χ4v) is 3.16. The third kappa shape index (κ3) is 2.61. The zero-order valence-corrected chi connectivity index (χ0v) is 12.9. The smallest absolute Gasteiger partial charge is 0.260 e. The predicted molar refractivity (Wildman–Crippen MR) is 82.6 cm³/mol. The lowest BCUT2D eigenvalue weighted by Crippen LogP contribution is -1.96. The molecule has 1 saturated carbocycles. The number of nitrogen functional groups attached to an aromatic ring is 1. The SMILES string of the molecule is CC1CCC(c2noc(-c3cc(I)ccc3N)n2)C1. The van der Waals surface area contributed by atoms with Gasteiger partial charge in [0.2, 0.25) is 0 Å². The average molecular weight is 369 g/mol. The molecule has 0 radical (unpaired) electrons. The number of rotatable bonds is 2. The number of anilines is 1. The number of nitrogens with zero attached hydrogens (tertiary/aromatic N) is 2. The normalized spacial score (nSPS) is 22.8. The molecule has 2 unspecified atom stereocenters. The number of hydrogen-bond donors (Lipinski definition) is 1. The summed E-state index contributed by atoms with van der Waals surface area (Å²) in [7, 11) is 0. The van der Waals surface area contributed by atoms with Crippen molar-refractivity contribution in [3.05, 3.63) is 27.6 Å². The van der Waals surface area contributed by atoms with Crippen LogP contribution in [0.1, 0.15) is 37.9 Å². The molecule has 1 fully saturated rings. The van der Waals surface area contributed by atoms with E-state index in [0.717, 1.165) is 33.7 Å². The molecular formula is C14H16IN3O. The van der Waals surface area contributed by atoms with Gasteiger partial charge in [0.25, 0.3) is 5.89 Å². The van der Waals surface area contributed by atoms with E-state index in [4.69, 9.17) is 10.3 Å². The van der Waals surface area contributed by atoms with Gasteiger partial charge in [-0.1, -0.05) is 12.1 Å². The van der Waals surface area contributed by atoms with Crippen LogP contribution in [0.15, 0.2) is 22.7 Å². The summed E-state index contributed by atoms with van der Waals surface area (Å²) < 4.78 is 6.50. The third-order valence-electron chi connectivity index (χ3n) is 3.75. The highest BCUT2D eigenvalue weighted by Crippen LogP contribution is 2.37. The van der Waals surface area contributed by atoms with Crippen molar-refractivity contribution in [3.8, 4) is 11.5 Å². The third-order valence-corrected chi connectivity index (χ3v) is 4.42. The van der Waals surface area contributed by atoms with Gasteiger partial charge in [-0.2, -0.15) is 4.98 Å². The molecule has 19 heavy (non-hydrogen) atoms. The van der Waals surface area contributed by atoms with Crippen molar-refractivity contribution in [2.75, 3.05) is 5.73 Å². The fourth-order valence-electron chi connectivity index (χ4n) is 2.67. The lowest BCUT2D eigenvalue weighted by molar-refractivity contribution is 0.415. The summed E-state index contributed by atoms with van der Waals surface area (Å²) in [5.41, 5.74) is 7.48. The average Bonchev–Trinajstić information content (AvgIpc) is 3.00. The molecule has 3 rings (SSSR count). The van der Waals surface area contributed by atoms with E-state index in [9.17, 15) is 0 Å². The first-order valence-corrected chi connectivity index (χ1v) is 7.60. The molecule has 2 atom stereocenters. The van der Waals surface area contributed by atoms with Crippen LogP contribution < -0.4 is 5.73 Å². The van der Waals surface area contributed by atoms with Gasteiger partial charge in [0.15, 0.2) is 5.82 Å². The van der Waals surface area contributed by atoms with Gasteiger partial charge < -0.3 is 10.3 Å². The highest BCUT2D eigenvalue weighted by Gasteiger charge is 2.27. The Morgan fingerprint density at radius 1 is 1.37 bits per heavy atom. The number of aromatic nitrogens is 2. The van der Waals surface area contributed by atoms with E-state index in [0.29, 0.717) is 17.5 Å². The van der Waals surface area contributed by atoms with Gasteiger partial charge in [0, 0.05) is 15.2 Å². The van der Waals surface area contributed by atoms with E-state index >= 15 is 0 Å². The van der Waals surface area contributed by atoms with E-state index in [1.807, 2.05) is 18.2 Å². The lowest BCUT2D eigenvalue weighted by Gasteiger charge is -2.02. The van der Waals surface area contributed by atoms with Crippen molar-refractivity contribution in [2.45, 2.75) is 32.1 Å². The standard InChI is InChI=1S/C14H16IN3O/c1-8-2-3-9(6-8)13-17-14(19-18-13)11-7-10(15)4-5-12(11)16/h4-5,7-9H,2-3,6,16H2,1H3. The molecule has 0 spiro atoms. The molecule has 2 aromatic rings. The molecule has 1 heterocycles. The first kappa shape index (κ1) is 12.9. The van der Waals surface area contributed by atoms with Crippen LogP contribution in [-0.4, -0.2) is 10.1 Å². The van der Waals surface area contributed by atoms with Crippen molar-refractivity contribution < 1.29 is 4.52 Å². The number of benzene rings is 1. The van der Waals surface area contributed by atoms with Crippen LogP contribution in [0.4, 0.5) is 5.69 Å². The van der Waals surface area contributed by atoms with Gasteiger partial charge in [-0.25, -0.2) is 0 Å². The molecule has 0 amide bonds. The summed E-state index contributed by atoms with van der Waals surface area (Å²) in [6.07, 6.45) is 3.56. The van der Waals surface area contributed by atoms with Crippen molar-refractivity contribution in [3.63, 3.8) is 0 Å². The molecule has 0 bridgehead atoms. The van der Waals surface area contributed by atoms with Crippen LogP contribution in [-0.2, 0) is 0 Å². The highest BCUT2D eigenvalue weighted by molar-refractivity contribution is 14.1. The van der Waals surface area contributed by atoms with Crippen molar-refractivity contribution in [1.82, 2.24) is 10.1 Å². The zero-order chi connectivity index (χ0) is 13.4. The maximum atomic E-state index is 5.98. The molecule has 1 aliphatic rings.